The molecular formula is C16H14N2OS2. The zero-order chi connectivity index (χ0) is 14.7. The van der Waals surface area contributed by atoms with Crippen LogP contribution in [-0.2, 0) is 0 Å². The Labute approximate surface area is 132 Å². The topological polar surface area (TPSA) is 38.9 Å². The van der Waals surface area contributed by atoms with Crippen molar-refractivity contribution in [2.75, 3.05) is 12.5 Å². The maximum Gasteiger partial charge on any atom is 0.248 e. The van der Waals surface area contributed by atoms with E-state index in [2.05, 4.69) is 34.5 Å². The van der Waals surface area contributed by atoms with E-state index in [1.165, 1.54) is 9.79 Å². The van der Waals surface area contributed by atoms with Crippen LogP contribution in [0.1, 0.15) is 0 Å². The molecule has 21 heavy (non-hydrogen) atoms. The van der Waals surface area contributed by atoms with Crippen LogP contribution in [0.25, 0.3) is 22.9 Å². The van der Waals surface area contributed by atoms with Crippen LogP contribution in [0, 0.1) is 0 Å². The predicted octanol–water partition coefficient (Wildman–Crippen LogP) is 4.85. The molecule has 2 aromatic carbocycles. The summed E-state index contributed by atoms with van der Waals surface area (Å²) in [7, 11) is 0. The van der Waals surface area contributed by atoms with Gasteiger partial charge in [-0.2, -0.15) is 0 Å². The highest BCUT2D eigenvalue weighted by Crippen LogP contribution is 2.28. The monoisotopic (exact) mass is 314 g/mol. The van der Waals surface area contributed by atoms with Gasteiger partial charge in [0.2, 0.25) is 11.8 Å². The van der Waals surface area contributed by atoms with Crippen LogP contribution >= 0.6 is 23.5 Å². The van der Waals surface area contributed by atoms with Gasteiger partial charge in [-0.15, -0.1) is 33.7 Å². The van der Waals surface area contributed by atoms with Gasteiger partial charge in [-0.05, 0) is 48.9 Å². The maximum atomic E-state index is 5.81. The fourth-order valence-electron chi connectivity index (χ4n) is 1.97. The van der Waals surface area contributed by atoms with Crippen molar-refractivity contribution in [1.29, 1.82) is 0 Å². The molecule has 0 amide bonds. The van der Waals surface area contributed by atoms with Crippen molar-refractivity contribution in [1.82, 2.24) is 10.2 Å². The maximum absolute atomic E-state index is 5.81. The molecule has 0 aliphatic heterocycles. The summed E-state index contributed by atoms with van der Waals surface area (Å²) in [5.41, 5.74) is 1.89. The summed E-state index contributed by atoms with van der Waals surface area (Å²) in [6.07, 6.45) is 4.10. The average molecular weight is 314 g/mol. The van der Waals surface area contributed by atoms with Gasteiger partial charge >= 0.3 is 0 Å². The number of thioether (sulfide) groups is 2. The Kier molecular flexibility index (Phi) is 4.31. The summed E-state index contributed by atoms with van der Waals surface area (Å²) in [6, 6.07) is 16.2. The molecule has 0 saturated carbocycles. The van der Waals surface area contributed by atoms with E-state index in [9.17, 15) is 0 Å². The Morgan fingerprint density at radius 2 is 1.24 bits per heavy atom. The number of nitrogens with zero attached hydrogens (tertiary/aromatic N) is 2. The number of hydrogen-bond acceptors (Lipinski definition) is 5. The Bertz CT molecular complexity index is 693. The molecular weight excluding hydrogens is 300 g/mol. The highest BCUT2D eigenvalue weighted by atomic mass is 32.2. The molecule has 0 aliphatic carbocycles. The molecule has 1 heterocycles. The molecule has 106 valence electrons. The van der Waals surface area contributed by atoms with Crippen molar-refractivity contribution < 1.29 is 4.42 Å². The molecule has 5 heteroatoms. The Morgan fingerprint density at radius 3 is 1.67 bits per heavy atom. The number of aromatic nitrogens is 2. The molecule has 3 nitrogen and oxygen atoms in total. The van der Waals surface area contributed by atoms with Crippen molar-refractivity contribution in [2.24, 2.45) is 0 Å². The lowest BCUT2D eigenvalue weighted by molar-refractivity contribution is 0.584. The fourth-order valence-corrected chi connectivity index (χ4v) is 2.89. The lowest BCUT2D eigenvalue weighted by Gasteiger charge is -1.99. The molecule has 1 aromatic heterocycles. The largest absolute Gasteiger partial charge is 0.416 e. The van der Waals surface area contributed by atoms with Gasteiger partial charge in [-0.3, -0.25) is 0 Å². The van der Waals surface area contributed by atoms with Crippen molar-refractivity contribution in [3.8, 4) is 22.9 Å². The molecule has 0 atom stereocenters. The molecule has 3 aromatic rings. The van der Waals surface area contributed by atoms with Gasteiger partial charge < -0.3 is 4.42 Å². The third kappa shape index (κ3) is 3.14. The minimum absolute atomic E-state index is 0.551. The Morgan fingerprint density at radius 1 is 0.762 bits per heavy atom. The highest BCUT2D eigenvalue weighted by molar-refractivity contribution is 7.98. The SMILES string of the molecule is CSc1cccc(-c2nnc(-c3cccc(SC)c3)o2)c1. The quantitative estimate of drug-likeness (QED) is 0.644. The summed E-state index contributed by atoms with van der Waals surface area (Å²) in [4.78, 5) is 2.35. The first-order valence-electron chi connectivity index (χ1n) is 6.42. The van der Waals surface area contributed by atoms with Crippen LogP contribution in [-0.4, -0.2) is 22.7 Å². The average Bonchev–Trinajstić information content (AvgIpc) is 3.05. The van der Waals surface area contributed by atoms with E-state index in [1.807, 2.05) is 36.8 Å². The third-order valence-corrected chi connectivity index (χ3v) is 4.51. The molecule has 3 rings (SSSR count). The molecule has 0 spiro atoms. The highest BCUT2D eigenvalue weighted by Gasteiger charge is 2.11. The predicted molar refractivity (Wildman–Crippen MR) is 88.7 cm³/mol. The second kappa shape index (κ2) is 6.37. The van der Waals surface area contributed by atoms with Crippen molar-refractivity contribution in [3.63, 3.8) is 0 Å². The van der Waals surface area contributed by atoms with Gasteiger partial charge in [0.25, 0.3) is 0 Å². The van der Waals surface area contributed by atoms with Crippen LogP contribution < -0.4 is 0 Å². The van der Waals surface area contributed by atoms with Gasteiger partial charge in [0.1, 0.15) is 0 Å². The number of benzene rings is 2. The third-order valence-electron chi connectivity index (χ3n) is 3.06. The zero-order valence-electron chi connectivity index (χ0n) is 11.7. The smallest absolute Gasteiger partial charge is 0.248 e. The lowest BCUT2D eigenvalue weighted by atomic mass is 10.2. The van der Waals surface area contributed by atoms with Gasteiger partial charge in [0, 0.05) is 20.9 Å². The first kappa shape index (κ1) is 14.2. The minimum Gasteiger partial charge on any atom is -0.416 e. The van der Waals surface area contributed by atoms with Crippen molar-refractivity contribution in [2.45, 2.75) is 9.79 Å². The van der Waals surface area contributed by atoms with Crippen molar-refractivity contribution >= 4 is 23.5 Å². The standard InChI is InChI=1S/C16H14N2OS2/c1-20-13-7-3-5-11(9-13)15-17-18-16(19-15)12-6-4-8-14(10-12)21-2/h3-10H,1-2H3. The molecule has 0 aliphatic rings. The van der Waals surface area contributed by atoms with E-state index in [0.717, 1.165) is 11.1 Å². The fraction of sp³-hybridized carbons (Fsp3) is 0.125. The van der Waals surface area contributed by atoms with Gasteiger partial charge in [-0.1, -0.05) is 12.1 Å². The van der Waals surface area contributed by atoms with Gasteiger partial charge in [0.15, 0.2) is 0 Å². The van der Waals surface area contributed by atoms with E-state index in [-0.39, 0.29) is 0 Å². The van der Waals surface area contributed by atoms with E-state index < -0.39 is 0 Å². The Balaban J connectivity index is 1.95. The second-order valence-electron chi connectivity index (χ2n) is 4.38. The van der Waals surface area contributed by atoms with E-state index in [1.54, 1.807) is 23.5 Å². The van der Waals surface area contributed by atoms with Gasteiger partial charge in [0.05, 0.1) is 0 Å². The summed E-state index contributed by atoms with van der Waals surface area (Å²) in [5.74, 6) is 1.10. The molecule has 0 N–H and O–H groups in total. The molecule has 0 radical (unpaired) electrons. The molecule has 0 unspecified atom stereocenters. The second-order valence-corrected chi connectivity index (χ2v) is 6.14. The van der Waals surface area contributed by atoms with E-state index in [4.69, 9.17) is 4.42 Å². The van der Waals surface area contributed by atoms with Crippen LogP contribution in [0.15, 0.2) is 62.7 Å². The summed E-state index contributed by atoms with van der Waals surface area (Å²) in [5, 5.41) is 8.32. The summed E-state index contributed by atoms with van der Waals surface area (Å²) in [6.45, 7) is 0. The summed E-state index contributed by atoms with van der Waals surface area (Å²) < 4.78 is 5.81. The van der Waals surface area contributed by atoms with Gasteiger partial charge in [-0.25, -0.2) is 0 Å². The molecule has 0 saturated heterocycles. The number of rotatable bonds is 4. The summed E-state index contributed by atoms with van der Waals surface area (Å²) >= 11 is 3.39. The lowest BCUT2D eigenvalue weighted by Crippen LogP contribution is -1.78. The van der Waals surface area contributed by atoms with Crippen LogP contribution in [0.4, 0.5) is 0 Å². The zero-order valence-corrected chi connectivity index (χ0v) is 13.4. The first-order valence-corrected chi connectivity index (χ1v) is 8.87. The first-order chi connectivity index (χ1) is 10.3. The van der Waals surface area contributed by atoms with E-state index >= 15 is 0 Å². The molecule has 0 bridgehead atoms. The normalized spacial score (nSPS) is 10.8. The Hall–Kier alpha value is -1.72. The minimum atomic E-state index is 0.551. The van der Waals surface area contributed by atoms with Crippen molar-refractivity contribution in [3.05, 3.63) is 48.5 Å². The number of hydrogen-bond donors (Lipinski definition) is 0. The van der Waals surface area contributed by atoms with Crippen LogP contribution in [0.3, 0.4) is 0 Å². The molecule has 0 fully saturated rings. The van der Waals surface area contributed by atoms with Crippen LogP contribution in [0.2, 0.25) is 0 Å². The van der Waals surface area contributed by atoms with Crippen LogP contribution in [0.5, 0.6) is 0 Å². The van der Waals surface area contributed by atoms with E-state index in [0.29, 0.717) is 11.8 Å².